The van der Waals surface area contributed by atoms with Crippen LogP contribution in [0.25, 0.3) is 0 Å². The van der Waals surface area contributed by atoms with Crippen LogP contribution in [0.4, 0.5) is 0 Å². The maximum absolute atomic E-state index is 13.2. The maximum Gasteiger partial charge on any atom is 0.252 e. The minimum absolute atomic E-state index is 0.0636. The van der Waals surface area contributed by atoms with Gasteiger partial charge in [-0.05, 0) is 71.4 Å². The van der Waals surface area contributed by atoms with Gasteiger partial charge < -0.3 is 15.4 Å². The molecule has 2 rings (SSSR count). The molecule has 0 aliphatic heterocycles. The van der Waals surface area contributed by atoms with Crippen LogP contribution in [-0.4, -0.2) is 25.3 Å². The van der Waals surface area contributed by atoms with Crippen molar-refractivity contribution in [2.24, 2.45) is 4.99 Å². The van der Waals surface area contributed by atoms with Gasteiger partial charge in [-0.25, -0.2) is 4.99 Å². The molecule has 1 aliphatic rings. The molecule has 0 spiro atoms. The number of benzene rings is 1. The van der Waals surface area contributed by atoms with Gasteiger partial charge in [0.2, 0.25) is 0 Å². The summed E-state index contributed by atoms with van der Waals surface area (Å²) in [6.45, 7) is 13.8. The van der Waals surface area contributed by atoms with E-state index in [1.807, 2.05) is 52.0 Å². The number of amides is 1. The molecule has 2 N–H and O–H groups in total. The molecular formula is C23H33N3O2. The van der Waals surface area contributed by atoms with Crippen molar-refractivity contribution in [3.63, 3.8) is 0 Å². The summed E-state index contributed by atoms with van der Waals surface area (Å²) in [5, 5.41) is 6.60. The quantitative estimate of drug-likeness (QED) is 0.370. The first-order valence-corrected chi connectivity index (χ1v) is 9.85. The lowest BCUT2D eigenvalue weighted by Crippen LogP contribution is -2.32. The molecule has 1 aromatic carbocycles. The standard InChI is InChI=1S/C23H33N3O2/c1-8-19(21(24-6)26-23(5)12-13-23)20(15(2)3)22(27)25-16(4)17-10-9-11-18(14-17)28-7/h9-11,14,16,26H,6,8,12-13H2,1-5,7H3,(H,25,27)/b21-19-/t16-/m1/s1. The van der Waals surface area contributed by atoms with Crippen LogP contribution in [0.1, 0.15) is 65.5 Å². The van der Waals surface area contributed by atoms with Gasteiger partial charge in [0.15, 0.2) is 0 Å². The molecule has 0 unspecified atom stereocenters. The van der Waals surface area contributed by atoms with E-state index < -0.39 is 0 Å². The lowest BCUT2D eigenvalue weighted by atomic mass is 9.97. The molecule has 5 nitrogen and oxygen atoms in total. The summed E-state index contributed by atoms with van der Waals surface area (Å²) in [6.07, 6.45) is 2.90. The number of aliphatic imine (C=N–C) groups is 1. The minimum Gasteiger partial charge on any atom is -0.497 e. The Morgan fingerprint density at radius 3 is 2.54 bits per heavy atom. The fourth-order valence-electron chi connectivity index (χ4n) is 3.20. The van der Waals surface area contributed by atoms with Gasteiger partial charge in [-0.2, -0.15) is 0 Å². The van der Waals surface area contributed by atoms with Crippen LogP contribution in [0.2, 0.25) is 0 Å². The second-order valence-corrected chi connectivity index (χ2v) is 7.87. The second kappa shape index (κ2) is 9.09. The highest BCUT2D eigenvalue weighted by Gasteiger charge is 2.38. The molecule has 28 heavy (non-hydrogen) atoms. The fourth-order valence-corrected chi connectivity index (χ4v) is 3.20. The Balaban J connectivity index is 2.30. The zero-order valence-corrected chi connectivity index (χ0v) is 18.0. The molecule has 1 amide bonds. The molecule has 0 saturated heterocycles. The van der Waals surface area contributed by atoms with Crippen LogP contribution in [0, 0.1) is 0 Å². The molecule has 1 atom stereocenters. The van der Waals surface area contributed by atoms with Gasteiger partial charge >= 0.3 is 0 Å². The Labute approximate surface area is 169 Å². The van der Waals surface area contributed by atoms with Crippen LogP contribution in [0.3, 0.4) is 0 Å². The van der Waals surface area contributed by atoms with Gasteiger partial charge in [-0.15, -0.1) is 0 Å². The van der Waals surface area contributed by atoms with Crippen molar-refractivity contribution in [3.8, 4) is 5.75 Å². The number of hydrogen-bond acceptors (Lipinski definition) is 4. The van der Waals surface area contributed by atoms with Crippen molar-refractivity contribution in [2.75, 3.05) is 7.11 Å². The van der Waals surface area contributed by atoms with Crippen LogP contribution >= 0.6 is 0 Å². The highest BCUT2D eigenvalue weighted by molar-refractivity contribution is 5.98. The van der Waals surface area contributed by atoms with Gasteiger partial charge in [-0.3, -0.25) is 4.79 Å². The van der Waals surface area contributed by atoms with Crippen molar-refractivity contribution in [1.82, 2.24) is 10.6 Å². The smallest absolute Gasteiger partial charge is 0.252 e. The van der Waals surface area contributed by atoms with E-state index in [2.05, 4.69) is 29.3 Å². The third kappa shape index (κ3) is 5.24. The van der Waals surface area contributed by atoms with Crippen molar-refractivity contribution < 1.29 is 9.53 Å². The van der Waals surface area contributed by atoms with Crippen LogP contribution in [0.15, 0.2) is 51.8 Å². The molecule has 1 saturated carbocycles. The van der Waals surface area contributed by atoms with Crippen LogP contribution in [0.5, 0.6) is 5.75 Å². The predicted molar refractivity (Wildman–Crippen MR) is 116 cm³/mol. The Bertz CT molecular complexity index is 800. The Kier molecular flexibility index (Phi) is 7.05. The molecule has 0 bridgehead atoms. The zero-order chi connectivity index (χ0) is 20.9. The molecule has 152 valence electrons. The summed E-state index contributed by atoms with van der Waals surface area (Å²) in [4.78, 5) is 17.4. The van der Waals surface area contributed by atoms with E-state index in [0.717, 1.165) is 35.3 Å². The third-order valence-corrected chi connectivity index (χ3v) is 5.19. The Hall–Kier alpha value is -2.56. The largest absolute Gasteiger partial charge is 0.497 e. The summed E-state index contributed by atoms with van der Waals surface area (Å²) in [7, 11) is 1.64. The first-order valence-electron chi connectivity index (χ1n) is 9.85. The van der Waals surface area contributed by atoms with E-state index in [0.29, 0.717) is 17.8 Å². The lowest BCUT2D eigenvalue weighted by Gasteiger charge is -2.22. The van der Waals surface area contributed by atoms with E-state index >= 15 is 0 Å². The summed E-state index contributed by atoms with van der Waals surface area (Å²) < 4.78 is 5.29. The maximum atomic E-state index is 13.2. The molecule has 0 radical (unpaired) electrons. The second-order valence-electron chi connectivity index (χ2n) is 7.87. The number of carbonyl (C=O) groups is 1. The minimum atomic E-state index is -0.149. The number of ether oxygens (including phenoxy) is 1. The van der Waals surface area contributed by atoms with Crippen LogP contribution in [-0.2, 0) is 4.79 Å². The van der Waals surface area contributed by atoms with E-state index in [4.69, 9.17) is 4.74 Å². The monoisotopic (exact) mass is 383 g/mol. The Morgan fingerprint density at radius 2 is 2.04 bits per heavy atom. The zero-order valence-electron chi connectivity index (χ0n) is 18.0. The molecular weight excluding hydrogens is 350 g/mol. The number of methoxy groups -OCH3 is 1. The third-order valence-electron chi connectivity index (χ3n) is 5.19. The average Bonchev–Trinajstić information content (AvgIpc) is 3.40. The topological polar surface area (TPSA) is 62.7 Å². The highest BCUT2D eigenvalue weighted by atomic mass is 16.5. The Morgan fingerprint density at radius 1 is 1.36 bits per heavy atom. The van der Waals surface area contributed by atoms with E-state index in [1.54, 1.807) is 7.11 Å². The van der Waals surface area contributed by atoms with Crippen LogP contribution < -0.4 is 15.4 Å². The molecule has 0 heterocycles. The number of allylic oxidation sites excluding steroid dienone is 1. The number of hydrogen-bond donors (Lipinski definition) is 2. The first kappa shape index (κ1) is 21.7. The normalized spacial score (nSPS) is 16.4. The lowest BCUT2D eigenvalue weighted by molar-refractivity contribution is -0.118. The van der Waals surface area contributed by atoms with E-state index in [1.165, 1.54) is 0 Å². The van der Waals surface area contributed by atoms with Gasteiger partial charge in [-0.1, -0.05) is 24.6 Å². The summed E-state index contributed by atoms with van der Waals surface area (Å²) in [5.74, 6) is 1.38. The average molecular weight is 384 g/mol. The van der Waals surface area contributed by atoms with Gasteiger partial charge in [0, 0.05) is 16.7 Å². The van der Waals surface area contributed by atoms with Crippen molar-refractivity contribution in [2.45, 2.75) is 65.5 Å². The SMILES string of the molecule is C=N/C(NC1(C)CC1)=C(\CC)C(C(=O)N[C@H](C)c1cccc(OC)c1)=C(C)C. The number of rotatable bonds is 9. The fraction of sp³-hybridized carbons (Fsp3) is 0.478. The van der Waals surface area contributed by atoms with Crippen molar-refractivity contribution >= 4 is 12.6 Å². The summed E-state index contributed by atoms with van der Waals surface area (Å²) >= 11 is 0. The summed E-state index contributed by atoms with van der Waals surface area (Å²) in [5.41, 5.74) is 3.59. The number of nitrogens with one attached hydrogen (secondary N) is 2. The van der Waals surface area contributed by atoms with Gasteiger partial charge in [0.05, 0.1) is 13.2 Å². The number of carbonyl (C=O) groups excluding carboxylic acids is 1. The van der Waals surface area contributed by atoms with E-state index in [-0.39, 0.29) is 17.5 Å². The molecule has 1 fully saturated rings. The molecule has 5 heteroatoms. The first-order chi connectivity index (χ1) is 13.2. The molecule has 1 aliphatic carbocycles. The molecule has 0 aromatic heterocycles. The number of nitrogens with zero attached hydrogens (tertiary/aromatic N) is 1. The van der Waals surface area contributed by atoms with Gasteiger partial charge in [0.1, 0.15) is 11.6 Å². The highest BCUT2D eigenvalue weighted by Crippen LogP contribution is 2.36. The van der Waals surface area contributed by atoms with Crippen molar-refractivity contribution in [1.29, 1.82) is 0 Å². The molecule has 1 aromatic rings. The van der Waals surface area contributed by atoms with Crippen molar-refractivity contribution in [3.05, 3.63) is 52.4 Å². The summed E-state index contributed by atoms with van der Waals surface area (Å²) in [6, 6.07) is 7.60. The van der Waals surface area contributed by atoms with Gasteiger partial charge in [0.25, 0.3) is 5.91 Å². The van der Waals surface area contributed by atoms with E-state index in [9.17, 15) is 4.79 Å². The predicted octanol–water partition coefficient (Wildman–Crippen LogP) is 4.67.